The Labute approximate surface area is 63.7 Å². The molecule has 0 aliphatic rings. The molecule has 1 aromatic rings. The van der Waals surface area contributed by atoms with Crippen molar-refractivity contribution < 1.29 is 6.85 Å². The van der Waals surface area contributed by atoms with Gasteiger partial charge in [0.25, 0.3) is 0 Å². The second-order valence-electron chi connectivity index (χ2n) is 0.939. The fourth-order valence-corrected chi connectivity index (χ4v) is 0.504. The Morgan fingerprint density at radius 2 is 1.86 bits per heavy atom. The third-order valence-electron chi connectivity index (χ3n) is 0.469. The van der Waals surface area contributed by atoms with Crippen LogP contribution in [0.1, 0.15) is 6.85 Å². The first-order valence-corrected chi connectivity index (χ1v) is 2.77. The largest absolute Gasteiger partial charge is 0.0634 e. The smallest absolute Gasteiger partial charge is 0.0622 e. The van der Waals surface area contributed by atoms with E-state index < -0.39 is 0 Å². The summed E-state index contributed by atoms with van der Waals surface area (Å²) >= 11 is 1.74. The van der Waals surface area contributed by atoms with Gasteiger partial charge in [-0.05, 0) is 34.7 Å². The Kier molecular flexibility index (Phi) is 0.568. The molecule has 0 saturated carbocycles. The average molecular weight is 214 g/mol. The zero-order valence-corrected chi connectivity index (χ0v) is 5.54. The number of hydrogen-bond acceptors (Lipinski definition) is 0. The first kappa shape index (κ1) is 1.72. The quantitative estimate of drug-likeness (QED) is 0.581. The van der Waals surface area contributed by atoms with E-state index >= 15 is 0 Å². The maximum absolute atomic E-state index is 7.30. The standard InChI is InChI=1S/C6H5I/c7-6-4-2-1-3-5-6/h1-5H/i1T,2T,3T,4T,5T. The normalized spacial score (nSPS) is 18.7. The monoisotopic (exact) mass is 214 g/mol. The first-order chi connectivity index (χ1) is 5.46. The summed E-state index contributed by atoms with van der Waals surface area (Å²) in [7, 11) is 0. The van der Waals surface area contributed by atoms with Crippen molar-refractivity contribution in [3.05, 3.63) is 33.8 Å². The molecule has 1 aromatic carbocycles. The van der Waals surface area contributed by atoms with Gasteiger partial charge < -0.3 is 0 Å². The molecule has 1 heteroatoms. The highest BCUT2D eigenvalue weighted by Gasteiger charge is 1.74. The molecule has 0 N–H and O–H groups in total. The minimum Gasteiger partial charge on any atom is -0.0622 e. The molecule has 7 heavy (non-hydrogen) atoms. The SMILES string of the molecule is [3H]c1c([3H])c([3H])c(I)c([3H])c1[3H]. The summed E-state index contributed by atoms with van der Waals surface area (Å²) in [5.74, 6) is 0. The number of rotatable bonds is 0. The van der Waals surface area contributed by atoms with Gasteiger partial charge in [0.05, 0.1) is 6.85 Å². The molecule has 1 rings (SSSR count). The molecule has 0 spiro atoms. The van der Waals surface area contributed by atoms with Gasteiger partial charge in [0.15, 0.2) is 0 Å². The van der Waals surface area contributed by atoms with Crippen LogP contribution >= 0.6 is 22.6 Å². The van der Waals surface area contributed by atoms with Crippen molar-refractivity contribution in [2.24, 2.45) is 0 Å². The Hall–Kier alpha value is -0.0500. The van der Waals surface area contributed by atoms with E-state index in [4.69, 9.17) is 6.85 Å². The maximum Gasteiger partial charge on any atom is 0.0634 e. The van der Waals surface area contributed by atoms with Crippen LogP contribution < -0.4 is 0 Å². The average Bonchev–Trinajstić information content (AvgIpc) is 2.08. The van der Waals surface area contributed by atoms with E-state index in [-0.39, 0.29) is 33.8 Å². The molecule has 0 unspecified atom stereocenters. The molecule has 0 heterocycles. The van der Waals surface area contributed by atoms with Crippen LogP contribution in [0.4, 0.5) is 0 Å². The fourth-order valence-electron chi connectivity index (χ4n) is 0.235. The summed E-state index contributed by atoms with van der Waals surface area (Å²) in [6.07, 6.45) is 0. The van der Waals surface area contributed by atoms with Crippen molar-refractivity contribution >= 4 is 22.6 Å². The van der Waals surface area contributed by atoms with Gasteiger partial charge >= 0.3 is 0 Å². The summed E-state index contributed by atoms with van der Waals surface area (Å²) in [6.45, 7) is 0. The number of hydrogen-bond donors (Lipinski definition) is 0. The Morgan fingerprint density at radius 3 is 2.43 bits per heavy atom. The molecule has 0 atom stereocenters. The molecule has 0 aliphatic heterocycles. The summed E-state index contributed by atoms with van der Waals surface area (Å²) in [6, 6.07) is -1.17. The van der Waals surface area contributed by atoms with Gasteiger partial charge in [-0.15, -0.1) is 0 Å². The van der Waals surface area contributed by atoms with Crippen LogP contribution in [-0.4, -0.2) is 0 Å². The third-order valence-corrected chi connectivity index (χ3v) is 1.01. The second-order valence-corrected chi connectivity index (χ2v) is 2.02. The fraction of sp³-hybridized carbons (Fsp3) is 0. The molecule has 0 amide bonds. The minimum absolute atomic E-state index is 0.137. The zero-order chi connectivity index (χ0) is 9.46. The summed E-state index contributed by atoms with van der Waals surface area (Å²) in [5.41, 5.74) is 0. The van der Waals surface area contributed by atoms with E-state index in [1.54, 1.807) is 22.6 Å². The lowest BCUT2D eigenvalue weighted by Crippen LogP contribution is -1.61. The van der Waals surface area contributed by atoms with Crippen LogP contribution in [0.2, 0.25) is 0 Å². The van der Waals surface area contributed by atoms with Gasteiger partial charge in [-0.25, -0.2) is 0 Å². The highest BCUT2D eigenvalue weighted by Crippen LogP contribution is 1.99. The predicted octanol–water partition coefficient (Wildman–Crippen LogP) is 2.29. The lowest BCUT2D eigenvalue weighted by Gasteiger charge is -1.80. The maximum atomic E-state index is 7.30. The molecular formula is C6H5I. The molecular weight excluding hydrogens is 199 g/mol. The summed E-state index contributed by atoms with van der Waals surface area (Å²) in [5, 5.41) is 0. The molecule has 0 saturated heterocycles. The van der Waals surface area contributed by atoms with Crippen molar-refractivity contribution in [2.45, 2.75) is 0 Å². The first-order valence-electron chi connectivity index (χ1n) is 4.19. The zero-order valence-electron chi connectivity index (χ0n) is 8.38. The molecule has 0 fully saturated rings. The van der Waals surface area contributed by atoms with Gasteiger partial charge in [-0.2, -0.15) is 0 Å². The van der Waals surface area contributed by atoms with Crippen LogP contribution in [0.25, 0.3) is 0 Å². The van der Waals surface area contributed by atoms with Crippen LogP contribution in [0.15, 0.2) is 30.2 Å². The van der Waals surface area contributed by atoms with Crippen LogP contribution in [0, 0.1) is 3.57 Å². The number of benzene rings is 1. The molecule has 0 radical (unpaired) electrons. The van der Waals surface area contributed by atoms with Crippen molar-refractivity contribution in [1.29, 1.82) is 0 Å². The molecule has 0 aliphatic carbocycles. The highest BCUT2D eigenvalue weighted by atomic mass is 127. The predicted molar refractivity (Wildman–Crippen MR) is 39.2 cm³/mol. The van der Waals surface area contributed by atoms with Gasteiger partial charge in [-0.3, -0.25) is 0 Å². The summed E-state index contributed by atoms with van der Waals surface area (Å²) in [4.78, 5) is 0. The van der Waals surface area contributed by atoms with E-state index in [0.717, 1.165) is 0 Å². The van der Waals surface area contributed by atoms with Gasteiger partial charge in [-0.1, -0.05) is 18.1 Å². The van der Waals surface area contributed by atoms with E-state index in [0.29, 0.717) is 0 Å². The van der Waals surface area contributed by atoms with Crippen molar-refractivity contribution in [3.63, 3.8) is 0 Å². The van der Waals surface area contributed by atoms with Crippen LogP contribution in [0.5, 0.6) is 0 Å². The van der Waals surface area contributed by atoms with E-state index in [1.165, 1.54) is 0 Å². The van der Waals surface area contributed by atoms with Crippen LogP contribution in [0.3, 0.4) is 0 Å². The van der Waals surface area contributed by atoms with E-state index in [1.807, 2.05) is 0 Å². The molecule has 0 aromatic heterocycles. The van der Waals surface area contributed by atoms with Crippen molar-refractivity contribution in [3.8, 4) is 0 Å². The van der Waals surface area contributed by atoms with Crippen LogP contribution in [-0.2, 0) is 0 Å². The minimum atomic E-state index is -0.342. The number of halogens is 1. The second kappa shape index (κ2) is 2.31. The van der Waals surface area contributed by atoms with E-state index in [9.17, 15) is 0 Å². The topological polar surface area (TPSA) is 0 Å². The van der Waals surface area contributed by atoms with Gasteiger partial charge in [0.1, 0.15) is 0 Å². The van der Waals surface area contributed by atoms with E-state index in [2.05, 4.69) is 0 Å². The summed E-state index contributed by atoms with van der Waals surface area (Å²) < 4.78 is 36.6. The Bertz CT molecular complexity index is 230. The Morgan fingerprint density at radius 1 is 1.29 bits per heavy atom. The van der Waals surface area contributed by atoms with Crippen molar-refractivity contribution in [2.75, 3.05) is 0 Å². The Balaban J connectivity index is 3.60. The van der Waals surface area contributed by atoms with Gasteiger partial charge in [0, 0.05) is 3.57 Å². The van der Waals surface area contributed by atoms with Gasteiger partial charge in [0.2, 0.25) is 0 Å². The highest BCUT2D eigenvalue weighted by molar-refractivity contribution is 14.1. The molecule has 0 bridgehead atoms. The molecule has 0 nitrogen and oxygen atoms in total. The lowest BCUT2D eigenvalue weighted by atomic mass is 10.4. The lowest BCUT2D eigenvalue weighted by molar-refractivity contribution is 1.65. The molecule has 36 valence electrons. The third kappa shape index (κ3) is 1.47. The van der Waals surface area contributed by atoms with Crippen molar-refractivity contribution in [1.82, 2.24) is 0 Å².